The summed E-state index contributed by atoms with van der Waals surface area (Å²) < 4.78 is 17.3. The Morgan fingerprint density at radius 2 is 2.25 bits per heavy atom. The maximum atomic E-state index is 11.3. The highest BCUT2D eigenvalue weighted by atomic mass is 16.5. The molecule has 1 aliphatic carbocycles. The van der Waals surface area contributed by atoms with E-state index in [9.17, 15) is 4.79 Å². The fraction of sp³-hybridized carbons (Fsp3) is 0.526. The van der Waals surface area contributed by atoms with Gasteiger partial charge >= 0.3 is 5.97 Å². The SMILES string of the molecule is COc1ccc2c3c1OC1CC(OC(C)=O)C=CC31CN(C)CC2. The van der Waals surface area contributed by atoms with Crippen molar-refractivity contribution in [3.8, 4) is 11.5 Å². The molecule has 1 aromatic rings. The van der Waals surface area contributed by atoms with Gasteiger partial charge in [0.25, 0.3) is 0 Å². The van der Waals surface area contributed by atoms with Crippen LogP contribution in [0.4, 0.5) is 0 Å². The third-order valence-corrected chi connectivity index (χ3v) is 5.39. The van der Waals surface area contributed by atoms with E-state index in [2.05, 4.69) is 24.1 Å². The van der Waals surface area contributed by atoms with Crippen LogP contribution in [0, 0.1) is 0 Å². The molecule has 2 heterocycles. The zero-order valence-corrected chi connectivity index (χ0v) is 14.4. The fourth-order valence-corrected chi connectivity index (χ4v) is 4.40. The Morgan fingerprint density at radius 1 is 1.42 bits per heavy atom. The molecule has 2 aliphatic heterocycles. The van der Waals surface area contributed by atoms with Crippen molar-refractivity contribution in [2.24, 2.45) is 0 Å². The third-order valence-electron chi connectivity index (χ3n) is 5.39. The first kappa shape index (κ1) is 15.5. The van der Waals surface area contributed by atoms with Crippen molar-refractivity contribution < 1.29 is 19.0 Å². The number of rotatable bonds is 2. The van der Waals surface area contributed by atoms with Gasteiger partial charge in [0, 0.05) is 32.0 Å². The van der Waals surface area contributed by atoms with E-state index in [4.69, 9.17) is 14.2 Å². The van der Waals surface area contributed by atoms with Crippen LogP contribution in [0.2, 0.25) is 0 Å². The molecule has 24 heavy (non-hydrogen) atoms. The van der Waals surface area contributed by atoms with Gasteiger partial charge in [-0.3, -0.25) is 4.79 Å². The molecule has 0 amide bonds. The van der Waals surface area contributed by atoms with Gasteiger partial charge in [0.15, 0.2) is 11.5 Å². The van der Waals surface area contributed by atoms with E-state index >= 15 is 0 Å². The minimum absolute atomic E-state index is 0.0440. The number of likely N-dealkylation sites (N-methyl/N-ethyl adjacent to an activating group) is 1. The second kappa shape index (κ2) is 5.52. The Morgan fingerprint density at radius 3 is 3.00 bits per heavy atom. The summed E-state index contributed by atoms with van der Waals surface area (Å²) in [7, 11) is 3.83. The second-order valence-corrected chi connectivity index (χ2v) is 7.01. The van der Waals surface area contributed by atoms with E-state index in [1.807, 2.05) is 12.1 Å². The minimum atomic E-state index is -0.257. The van der Waals surface area contributed by atoms with E-state index in [1.54, 1.807) is 7.11 Å². The molecule has 1 spiro atoms. The van der Waals surface area contributed by atoms with Crippen molar-refractivity contribution in [2.45, 2.75) is 37.4 Å². The predicted octanol–water partition coefficient (Wildman–Crippen LogP) is 2.07. The van der Waals surface area contributed by atoms with Gasteiger partial charge in [-0.05, 0) is 31.2 Å². The molecule has 0 N–H and O–H groups in total. The van der Waals surface area contributed by atoms with Crippen molar-refractivity contribution in [3.63, 3.8) is 0 Å². The minimum Gasteiger partial charge on any atom is -0.493 e. The lowest BCUT2D eigenvalue weighted by Crippen LogP contribution is -2.48. The molecule has 4 rings (SSSR count). The molecule has 5 nitrogen and oxygen atoms in total. The van der Waals surface area contributed by atoms with Crippen molar-refractivity contribution >= 4 is 5.97 Å². The van der Waals surface area contributed by atoms with Crippen LogP contribution in [0.5, 0.6) is 11.5 Å². The van der Waals surface area contributed by atoms with Gasteiger partial charge in [-0.25, -0.2) is 0 Å². The lowest BCUT2D eigenvalue weighted by Gasteiger charge is -2.38. The topological polar surface area (TPSA) is 48.0 Å². The summed E-state index contributed by atoms with van der Waals surface area (Å²) in [5.74, 6) is 1.39. The standard InChI is InChI=1S/C19H23NO4/c1-12(21)23-14-6-8-19-11-20(2)9-7-13-4-5-15(22-3)18(17(13)19)24-16(19)10-14/h4-6,8,14,16H,7,9-11H2,1-3H3. The number of hydrogen-bond donors (Lipinski definition) is 0. The second-order valence-electron chi connectivity index (χ2n) is 7.01. The monoisotopic (exact) mass is 329 g/mol. The van der Waals surface area contributed by atoms with Crippen LogP contribution in [0.1, 0.15) is 24.5 Å². The molecule has 0 bridgehead atoms. The Labute approximate surface area is 142 Å². The van der Waals surface area contributed by atoms with Gasteiger partial charge in [-0.2, -0.15) is 0 Å². The quantitative estimate of drug-likeness (QED) is 0.614. The summed E-state index contributed by atoms with van der Waals surface area (Å²) in [5.41, 5.74) is 2.39. The van der Waals surface area contributed by atoms with Crippen LogP contribution in [0.15, 0.2) is 24.3 Å². The highest BCUT2D eigenvalue weighted by Gasteiger charge is 2.53. The first-order valence-corrected chi connectivity index (χ1v) is 8.45. The molecule has 1 aromatic carbocycles. The maximum absolute atomic E-state index is 11.3. The molecule has 0 saturated carbocycles. The molecule has 0 radical (unpaired) electrons. The highest BCUT2D eigenvalue weighted by molar-refractivity contribution is 5.66. The molecular weight excluding hydrogens is 306 g/mol. The molecule has 3 unspecified atom stereocenters. The lowest BCUT2D eigenvalue weighted by molar-refractivity contribution is -0.145. The number of ether oxygens (including phenoxy) is 3. The molecule has 5 heteroatoms. The van der Waals surface area contributed by atoms with Crippen molar-refractivity contribution in [3.05, 3.63) is 35.4 Å². The highest BCUT2D eigenvalue weighted by Crippen LogP contribution is 2.54. The van der Waals surface area contributed by atoms with Crippen LogP contribution in [-0.2, 0) is 21.4 Å². The molecule has 0 fully saturated rings. The van der Waals surface area contributed by atoms with Crippen LogP contribution >= 0.6 is 0 Å². The molecule has 0 aromatic heterocycles. The summed E-state index contributed by atoms with van der Waals surface area (Å²) in [5, 5.41) is 0. The Bertz CT molecular complexity index is 714. The van der Waals surface area contributed by atoms with E-state index in [1.165, 1.54) is 18.1 Å². The number of hydrogen-bond acceptors (Lipinski definition) is 5. The summed E-state index contributed by atoms with van der Waals surface area (Å²) in [6.45, 7) is 3.37. The molecular formula is C19H23NO4. The molecule has 3 aliphatic rings. The lowest BCUT2D eigenvalue weighted by atomic mass is 9.70. The average Bonchev–Trinajstić information content (AvgIpc) is 2.78. The predicted molar refractivity (Wildman–Crippen MR) is 89.6 cm³/mol. The Hall–Kier alpha value is -2.01. The zero-order chi connectivity index (χ0) is 16.9. The van der Waals surface area contributed by atoms with Crippen molar-refractivity contribution in [2.75, 3.05) is 27.2 Å². The van der Waals surface area contributed by atoms with E-state index in [0.717, 1.165) is 31.0 Å². The Balaban J connectivity index is 1.83. The summed E-state index contributed by atoms with van der Waals surface area (Å²) in [6.07, 6.45) is 5.63. The normalized spacial score (nSPS) is 30.8. The van der Waals surface area contributed by atoms with Gasteiger partial charge < -0.3 is 19.1 Å². The zero-order valence-electron chi connectivity index (χ0n) is 14.4. The molecule has 3 atom stereocenters. The number of esters is 1. The summed E-state index contributed by atoms with van der Waals surface area (Å²) >= 11 is 0. The fourth-order valence-electron chi connectivity index (χ4n) is 4.40. The third kappa shape index (κ3) is 2.22. The number of methoxy groups -OCH3 is 1. The smallest absolute Gasteiger partial charge is 0.303 e. The maximum Gasteiger partial charge on any atom is 0.303 e. The van der Waals surface area contributed by atoms with Crippen LogP contribution < -0.4 is 9.47 Å². The van der Waals surface area contributed by atoms with E-state index in [0.29, 0.717) is 6.42 Å². The first-order valence-electron chi connectivity index (χ1n) is 8.45. The van der Waals surface area contributed by atoms with E-state index < -0.39 is 0 Å². The number of carbonyl (C=O) groups excluding carboxylic acids is 1. The van der Waals surface area contributed by atoms with Gasteiger partial charge in [0.1, 0.15) is 12.2 Å². The van der Waals surface area contributed by atoms with Gasteiger partial charge in [0.05, 0.1) is 12.5 Å². The van der Waals surface area contributed by atoms with Gasteiger partial charge in [0.2, 0.25) is 0 Å². The van der Waals surface area contributed by atoms with Crippen molar-refractivity contribution in [1.29, 1.82) is 0 Å². The number of nitrogens with zero attached hydrogens (tertiary/aromatic N) is 1. The first-order chi connectivity index (χ1) is 11.5. The molecule has 128 valence electrons. The van der Waals surface area contributed by atoms with Crippen molar-refractivity contribution in [1.82, 2.24) is 4.90 Å². The molecule has 0 saturated heterocycles. The largest absolute Gasteiger partial charge is 0.493 e. The number of carbonyl (C=O) groups is 1. The summed E-state index contributed by atoms with van der Waals surface area (Å²) in [6, 6.07) is 4.16. The van der Waals surface area contributed by atoms with Crippen LogP contribution in [0.25, 0.3) is 0 Å². The Kier molecular flexibility index (Phi) is 3.57. The van der Waals surface area contributed by atoms with Gasteiger partial charge in [-0.15, -0.1) is 0 Å². The van der Waals surface area contributed by atoms with E-state index in [-0.39, 0.29) is 23.6 Å². The van der Waals surface area contributed by atoms with Gasteiger partial charge in [-0.1, -0.05) is 12.1 Å². The average molecular weight is 329 g/mol. The summed E-state index contributed by atoms with van der Waals surface area (Å²) in [4.78, 5) is 13.7. The van der Waals surface area contributed by atoms with Crippen LogP contribution in [0.3, 0.4) is 0 Å². The van der Waals surface area contributed by atoms with Crippen LogP contribution in [-0.4, -0.2) is 50.3 Å². The number of benzene rings is 1.